The average Bonchev–Trinajstić information content (AvgIpc) is 2.44. The second kappa shape index (κ2) is 8.23. The molecular weight excluding hydrogens is 291 g/mol. The Hall–Kier alpha value is -0.280. The van der Waals surface area contributed by atoms with Crippen molar-refractivity contribution < 1.29 is 0 Å². The topological polar surface area (TPSA) is 15.3 Å². The fraction of sp³-hybridized carbons (Fsp3) is 0.625. The van der Waals surface area contributed by atoms with Crippen molar-refractivity contribution in [1.82, 2.24) is 10.2 Å². The summed E-state index contributed by atoms with van der Waals surface area (Å²) >= 11 is 12.0. The van der Waals surface area contributed by atoms with Gasteiger partial charge >= 0.3 is 0 Å². The molecule has 4 heteroatoms. The van der Waals surface area contributed by atoms with Gasteiger partial charge in [-0.25, -0.2) is 0 Å². The standard InChI is InChI=1S/C16H24Cl2N2/c1-2-7-19-10-14-4-3-8-20(12-14)11-13-5-6-15(17)16(18)9-13/h5-6,9,14,19H,2-4,7-8,10-12H2,1H3. The van der Waals surface area contributed by atoms with Crippen molar-refractivity contribution in [2.45, 2.75) is 32.7 Å². The van der Waals surface area contributed by atoms with Gasteiger partial charge in [0.15, 0.2) is 0 Å². The van der Waals surface area contributed by atoms with E-state index in [-0.39, 0.29) is 0 Å². The van der Waals surface area contributed by atoms with Gasteiger partial charge in [-0.1, -0.05) is 36.2 Å². The number of benzene rings is 1. The molecule has 20 heavy (non-hydrogen) atoms. The summed E-state index contributed by atoms with van der Waals surface area (Å²) in [4.78, 5) is 2.53. The Kier molecular flexibility index (Phi) is 6.63. The minimum atomic E-state index is 0.635. The zero-order valence-corrected chi connectivity index (χ0v) is 13.7. The molecule has 1 aromatic carbocycles. The number of rotatable bonds is 6. The summed E-state index contributed by atoms with van der Waals surface area (Å²) in [6.07, 6.45) is 3.84. The molecule has 0 radical (unpaired) electrons. The highest BCUT2D eigenvalue weighted by Crippen LogP contribution is 2.24. The Morgan fingerprint density at radius 3 is 2.90 bits per heavy atom. The van der Waals surface area contributed by atoms with E-state index in [9.17, 15) is 0 Å². The smallest absolute Gasteiger partial charge is 0.0595 e. The first-order valence-corrected chi connectivity index (χ1v) is 8.31. The highest BCUT2D eigenvalue weighted by atomic mass is 35.5. The van der Waals surface area contributed by atoms with Gasteiger partial charge in [0.05, 0.1) is 10.0 Å². The molecule has 1 aliphatic heterocycles. The summed E-state index contributed by atoms with van der Waals surface area (Å²) in [5, 5.41) is 4.83. The average molecular weight is 315 g/mol. The molecule has 0 amide bonds. The molecule has 1 aromatic rings. The van der Waals surface area contributed by atoms with Crippen LogP contribution in [0.4, 0.5) is 0 Å². The Morgan fingerprint density at radius 2 is 2.15 bits per heavy atom. The van der Waals surface area contributed by atoms with Crippen LogP contribution in [0.15, 0.2) is 18.2 Å². The van der Waals surface area contributed by atoms with E-state index in [4.69, 9.17) is 23.2 Å². The third kappa shape index (κ3) is 4.92. The molecule has 1 N–H and O–H groups in total. The fourth-order valence-corrected chi connectivity index (χ4v) is 3.16. The van der Waals surface area contributed by atoms with Gasteiger partial charge in [-0.05, 0) is 62.5 Å². The van der Waals surface area contributed by atoms with E-state index in [0.717, 1.165) is 25.6 Å². The number of nitrogens with one attached hydrogen (secondary N) is 1. The third-order valence-corrected chi connectivity index (χ3v) is 4.59. The Morgan fingerprint density at radius 1 is 1.30 bits per heavy atom. The second-order valence-electron chi connectivity index (χ2n) is 5.70. The second-order valence-corrected chi connectivity index (χ2v) is 6.51. The SMILES string of the molecule is CCCNCC1CCCN(Cc2ccc(Cl)c(Cl)c2)C1. The van der Waals surface area contributed by atoms with Crippen LogP contribution < -0.4 is 5.32 Å². The molecule has 0 aromatic heterocycles. The predicted octanol–water partition coefficient (Wildman–Crippen LogP) is 4.21. The van der Waals surface area contributed by atoms with Crippen molar-refractivity contribution in [3.8, 4) is 0 Å². The first kappa shape index (κ1) is 16.1. The van der Waals surface area contributed by atoms with E-state index in [2.05, 4.69) is 23.2 Å². The van der Waals surface area contributed by atoms with Gasteiger partial charge in [-0.3, -0.25) is 4.90 Å². The van der Waals surface area contributed by atoms with Gasteiger partial charge < -0.3 is 5.32 Å². The van der Waals surface area contributed by atoms with E-state index in [1.165, 1.54) is 37.9 Å². The van der Waals surface area contributed by atoms with Crippen molar-refractivity contribution in [1.29, 1.82) is 0 Å². The number of likely N-dealkylation sites (tertiary alicyclic amines) is 1. The summed E-state index contributed by atoms with van der Waals surface area (Å²) in [5.41, 5.74) is 1.25. The first-order chi connectivity index (χ1) is 9.69. The van der Waals surface area contributed by atoms with E-state index in [0.29, 0.717) is 10.0 Å². The number of nitrogens with zero attached hydrogens (tertiary/aromatic N) is 1. The molecule has 0 bridgehead atoms. The fourth-order valence-electron chi connectivity index (χ4n) is 2.84. The van der Waals surface area contributed by atoms with Gasteiger partial charge in [0.2, 0.25) is 0 Å². The van der Waals surface area contributed by atoms with Crippen molar-refractivity contribution >= 4 is 23.2 Å². The molecule has 1 unspecified atom stereocenters. The van der Waals surface area contributed by atoms with Gasteiger partial charge in [-0.15, -0.1) is 0 Å². The van der Waals surface area contributed by atoms with Crippen LogP contribution in [-0.4, -0.2) is 31.1 Å². The number of piperidine rings is 1. The molecule has 1 atom stereocenters. The minimum absolute atomic E-state index is 0.635. The summed E-state index contributed by atoms with van der Waals surface area (Å²) in [6.45, 7) is 7.82. The maximum absolute atomic E-state index is 6.08. The molecule has 1 fully saturated rings. The van der Waals surface area contributed by atoms with Gasteiger partial charge in [-0.2, -0.15) is 0 Å². The summed E-state index contributed by atoms with van der Waals surface area (Å²) in [5.74, 6) is 0.776. The summed E-state index contributed by atoms with van der Waals surface area (Å²) in [7, 11) is 0. The van der Waals surface area contributed by atoms with Gasteiger partial charge in [0.1, 0.15) is 0 Å². The number of halogens is 2. The van der Waals surface area contributed by atoms with Crippen LogP contribution in [0.2, 0.25) is 10.0 Å². The molecule has 0 aliphatic carbocycles. The molecule has 2 rings (SSSR count). The lowest BCUT2D eigenvalue weighted by atomic mass is 9.97. The predicted molar refractivity (Wildman–Crippen MR) is 87.6 cm³/mol. The Bertz CT molecular complexity index is 423. The number of hydrogen-bond donors (Lipinski definition) is 1. The lowest BCUT2D eigenvalue weighted by Gasteiger charge is -2.33. The van der Waals surface area contributed by atoms with Crippen molar-refractivity contribution in [3.05, 3.63) is 33.8 Å². The quantitative estimate of drug-likeness (QED) is 0.791. The third-order valence-electron chi connectivity index (χ3n) is 3.85. The maximum Gasteiger partial charge on any atom is 0.0595 e. The minimum Gasteiger partial charge on any atom is -0.316 e. The highest BCUT2D eigenvalue weighted by Gasteiger charge is 2.19. The molecule has 1 aliphatic rings. The van der Waals surface area contributed by atoms with Crippen molar-refractivity contribution in [2.75, 3.05) is 26.2 Å². The lowest BCUT2D eigenvalue weighted by molar-refractivity contribution is 0.165. The van der Waals surface area contributed by atoms with Crippen LogP contribution in [0.5, 0.6) is 0 Å². The van der Waals surface area contributed by atoms with E-state index >= 15 is 0 Å². The Labute approximate surface area is 132 Å². The largest absolute Gasteiger partial charge is 0.316 e. The summed E-state index contributed by atoms with van der Waals surface area (Å²) in [6, 6.07) is 5.96. The van der Waals surface area contributed by atoms with E-state index < -0.39 is 0 Å². The molecule has 1 saturated heterocycles. The van der Waals surface area contributed by atoms with E-state index in [1.54, 1.807) is 0 Å². The van der Waals surface area contributed by atoms with Crippen LogP contribution in [0, 0.1) is 5.92 Å². The summed E-state index contributed by atoms with van der Waals surface area (Å²) < 4.78 is 0. The molecule has 2 nitrogen and oxygen atoms in total. The zero-order valence-electron chi connectivity index (χ0n) is 12.2. The van der Waals surface area contributed by atoms with Gasteiger partial charge in [0.25, 0.3) is 0 Å². The maximum atomic E-state index is 6.08. The van der Waals surface area contributed by atoms with E-state index in [1.807, 2.05) is 12.1 Å². The van der Waals surface area contributed by atoms with Crippen molar-refractivity contribution in [3.63, 3.8) is 0 Å². The van der Waals surface area contributed by atoms with Gasteiger partial charge in [0, 0.05) is 13.1 Å². The van der Waals surface area contributed by atoms with Crippen LogP contribution in [0.1, 0.15) is 31.7 Å². The van der Waals surface area contributed by atoms with Crippen LogP contribution in [-0.2, 0) is 6.54 Å². The molecular formula is C16H24Cl2N2. The lowest BCUT2D eigenvalue weighted by Crippen LogP contribution is -2.39. The zero-order chi connectivity index (χ0) is 14.4. The monoisotopic (exact) mass is 314 g/mol. The molecule has 1 heterocycles. The molecule has 0 spiro atoms. The molecule has 0 saturated carbocycles. The van der Waals surface area contributed by atoms with Crippen LogP contribution in [0.3, 0.4) is 0 Å². The normalized spacial score (nSPS) is 20.2. The van der Waals surface area contributed by atoms with Crippen LogP contribution >= 0.6 is 23.2 Å². The van der Waals surface area contributed by atoms with Crippen molar-refractivity contribution in [2.24, 2.45) is 5.92 Å². The Balaban J connectivity index is 1.84. The number of hydrogen-bond acceptors (Lipinski definition) is 2. The highest BCUT2D eigenvalue weighted by molar-refractivity contribution is 6.42. The first-order valence-electron chi connectivity index (χ1n) is 7.56. The molecule has 112 valence electrons. The van der Waals surface area contributed by atoms with Crippen LogP contribution in [0.25, 0.3) is 0 Å².